The van der Waals surface area contributed by atoms with E-state index in [0.29, 0.717) is 18.5 Å². The Morgan fingerprint density at radius 3 is 2.94 bits per heavy atom. The molecule has 1 amide bonds. The molecule has 1 unspecified atom stereocenters. The van der Waals surface area contributed by atoms with Crippen molar-refractivity contribution in [1.29, 1.82) is 0 Å². The molecule has 1 heterocycles. The van der Waals surface area contributed by atoms with E-state index in [2.05, 4.69) is 10.3 Å². The number of nitrogens with one attached hydrogen (secondary N) is 1. The van der Waals surface area contributed by atoms with E-state index in [1.165, 1.54) is 11.3 Å². The Hall–Kier alpha value is -0.980. The van der Waals surface area contributed by atoms with Crippen molar-refractivity contribution in [3.63, 3.8) is 0 Å². The Kier molecular flexibility index (Phi) is 3.22. The molecular formula is C10H15N3O2S. The summed E-state index contributed by atoms with van der Waals surface area (Å²) in [4.78, 5) is 15.9. The third-order valence-corrected chi connectivity index (χ3v) is 3.64. The zero-order valence-electron chi connectivity index (χ0n) is 9.01. The lowest BCUT2D eigenvalue weighted by Gasteiger charge is -2.31. The first kappa shape index (κ1) is 11.5. The summed E-state index contributed by atoms with van der Waals surface area (Å²) in [5, 5.41) is 14.4. The molecule has 1 aliphatic rings. The van der Waals surface area contributed by atoms with Crippen molar-refractivity contribution in [2.45, 2.75) is 38.0 Å². The normalized spacial score (nSPS) is 25.9. The van der Waals surface area contributed by atoms with Crippen molar-refractivity contribution in [2.24, 2.45) is 5.73 Å². The Balaban J connectivity index is 1.93. The summed E-state index contributed by atoms with van der Waals surface area (Å²) in [6, 6.07) is -0.0555. The van der Waals surface area contributed by atoms with Crippen LogP contribution in [0.25, 0.3) is 0 Å². The maximum absolute atomic E-state index is 11.7. The smallest absolute Gasteiger partial charge is 0.270 e. The lowest BCUT2D eigenvalue weighted by Crippen LogP contribution is -2.46. The fraction of sp³-hybridized carbons (Fsp3) is 0.600. The van der Waals surface area contributed by atoms with Crippen LogP contribution in [-0.2, 0) is 0 Å². The minimum absolute atomic E-state index is 0.0861. The molecule has 6 heteroatoms. The zero-order chi connectivity index (χ0) is 11.7. The molecule has 0 radical (unpaired) electrons. The second kappa shape index (κ2) is 4.48. The summed E-state index contributed by atoms with van der Waals surface area (Å²) < 4.78 is 0. The monoisotopic (exact) mass is 241 g/mol. The predicted octanol–water partition coefficient (Wildman–Crippen LogP) is 0.416. The fourth-order valence-corrected chi connectivity index (χ4v) is 2.32. The van der Waals surface area contributed by atoms with Gasteiger partial charge in [0.2, 0.25) is 0 Å². The predicted molar refractivity (Wildman–Crippen MR) is 61.2 cm³/mol. The number of aromatic nitrogens is 1. The fourth-order valence-electron chi connectivity index (χ4n) is 1.57. The largest absolute Gasteiger partial charge is 0.393 e. The quantitative estimate of drug-likeness (QED) is 0.715. The summed E-state index contributed by atoms with van der Waals surface area (Å²) >= 11 is 1.39. The summed E-state index contributed by atoms with van der Waals surface area (Å²) in [6.45, 7) is 1.84. The standard InChI is InChI=1S/C10H15N3O2S/c1-5(11)10-13-8(4-16-10)9(15)12-6-2-7(14)3-6/h4-7,14H,2-3,11H2,1H3,(H,12,15). The molecular weight excluding hydrogens is 226 g/mol. The van der Waals surface area contributed by atoms with Crippen LogP contribution in [0.4, 0.5) is 0 Å². The van der Waals surface area contributed by atoms with Gasteiger partial charge in [-0.1, -0.05) is 0 Å². The van der Waals surface area contributed by atoms with Crippen molar-refractivity contribution in [3.8, 4) is 0 Å². The van der Waals surface area contributed by atoms with Gasteiger partial charge < -0.3 is 16.2 Å². The van der Waals surface area contributed by atoms with E-state index in [0.717, 1.165) is 5.01 Å². The number of nitrogens with zero attached hydrogens (tertiary/aromatic N) is 1. The van der Waals surface area contributed by atoms with Crippen LogP contribution in [0.5, 0.6) is 0 Å². The molecule has 16 heavy (non-hydrogen) atoms. The molecule has 0 aromatic carbocycles. The number of thiazole rings is 1. The highest BCUT2D eigenvalue weighted by molar-refractivity contribution is 7.09. The van der Waals surface area contributed by atoms with E-state index < -0.39 is 0 Å². The third-order valence-electron chi connectivity index (χ3n) is 2.59. The topological polar surface area (TPSA) is 88.2 Å². The Morgan fingerprint density at radius 2 is 2.44 bits per heavy atom. The number of aliphatic hydroxyl groups is 1. The van der Waals surface area contributed by atoms with Crippen LogP contribution in [0.15, 0.2) is 5.38 Å². The van der Waals surface area contributed by atoms with Crippen LogP contribution in [0, 0.1) is 0 Å². The van der Waals surface area contributed by atoms with E-state index in [1.54, 1.807) is 5.38 Å². The third kappa shape index (κ3) is 2.40. The average Bonchev–Trinajstić information content (AvgIpc) is 2.63. The van der Waals surface area contributed by atoms with Crippen molar-refractivity contribution in [2.75, 3.05) is 0 Å². The molecule has 0 saturated heterocycles. The van der Waals surface area contributed by atoms with E-state index in [9.17, 15) is 4.79 Å². The molecule has 1 aromatic rings. The first-order valence-electron chi connectivity index (χ1n) is 5.26. The number of hydrogen-bond donors (Lipinski definition) is 3. The molecule has 1 atom stereocenters. The van der Waals surface area contributed by atoms with Gasteiger partial charge in [-0.25, -0.2) is 4.98 Å². The summed E-state index contributed by atoms with van der Waals surface area (Å²) in [5.74, 6) is -0.181. The summed E-state index contributed by atoms with van der Waals surface area (Å²) in [6.07, 6.45) is 1.01. The molecule has 2 rings (SSSR count). The maximum atomic E-state index is 11.7. The minimum atomic E-state index is -0.264. The highest BCUT2D eigenvalue weighted by Gasteiger charge is 2.29. The first-order valence-corrected chi connectivity index (χ1v) is 6.14. The number of rotatable bonds is 3. The second-order valence-electron chi connectivity index (χ2n) is 4.16. The Morgan fingerprint density at radius 1 is 1.75 bits per heavy atom. The Labute approximate surface area is 97.7 Å². The van der Waals surface area contributed by atoms with E-state index >= 15 is 0 Å². The molecule has 1 fully saturated rings. The highest BCUT2D eigenvalue weighted by Crippen LogP contribution is 2.20. The van der Waals surface area contributed by atoms with Crippen molar-refractivity contribution in [1.82, 2.24) is 10.3 Å². The van der Waals surface area contributed by atoms with Gasteiger partial charge in [-0.05, 0) is 19.8 Å². The molecule has 0 aliphatic heterocycles. The van der Waals surface area contributed by atoms with Gasteiger partial charge in [0.05, 0.1) is 12.1 Å². The van der Waals surface area contributed by atoms with Gasteiger partial charge in [0.25, 0.3) is 5.91 Å². The van der Waals surface area contributed by atoms with Crippen molar-refractivity contribution >= 4 is 17.2 Å². The molecule has 1 aromatic heterocycles. The summed E-state index contributed by atoms with van der Waals surface area (Å²) in [7, 11) is 0. The molecule has 1 aliphatic carbocycles. The Bertz CT molecular complexity index is 385. The molecule has 1 saturated carbocycles. The first-order chi connectivity index (χ1) is 7.56. The van der Waals surface area contributed by atoms with Gasteiger partial charge in [-0.15, -0.1) is 11.3 Å². The molecule has 5 nitrogen and oxygen atoms in total. The van der Waals surface area contributed by atoms with Crippen LogP contribution in [0.2, 0.25) is 0 Å². The van der Waals surface area contributed by atoms with Gasteiger partial charge in [0.1, 0.15) is 10.7 Å². The molecule has 4 N–H and O–H groups in total. The molecule has 0 spiro atoms. The van der Waals surface area contributed by atoms with Crippen LogP contribution in [0.3, 0.4) is 0 Å². The van der Waals surface area contributed by atoms with E-state index in [-0.39, 0.29) is 24.1 Å². The SMILES string of the molecule is CC(N)c1nc(C(=O)NC2CC(O)C2)cs1. The van der Waals surface area contributed by atoms with Crippen LogP contribution in [-0.4, -0.2) is 28.1 Å². The van der Waals surface area contributed by atoms with Crippen molar-refractivity contribution < 1.29 is 9.90 Å². The number of hydrogen-bond acceptors (Lipinski definition) is 5. The molecule has 88 valence electrons. The minimum Gasteiger partial charge on any atom is -0.393 e. The average molecular weight is 241 g/mol. The van der Waals surface area contributed by atoms with Crippen LogP contribution in [0.1, 0.15) is 41.3 Å². The van der Waals surface area contributed by atoms with Crippen LogP contribution < -0.4 is 11.1 Å². The lowest BCUT2D eigenvalue weighted by molar-refractivity contribution is 0.0561. The highest BCUT2D eigenvalue weighted by atomic mass is 32.1. The number of amides is 1. The number of aliphatic hydroxyl groups excluding tert-OH is 1. The number of carbonyl (C=O) groups is 1. The molecule has 0 bridgehead atoms. The van der Waals surface area contributed by atoms with Gasteiger partial charge >= 0.3 is 0 Å². The summed E-state index contributed by atoms with van der Waals surface area (Å²) in [5.41, 5.74) is 6.08. The van der Waals surface area contributed by atoms with Gasteiger partial charge in [0, 0.05) is 11.4 Å². The van der Waals surface area contributed by atoms with Gasteiger partial charge in [0.15, 0.2) is 0 Å². The van der Waals surface area contributed by atoms with E-state index in [1.807, 2.05) is 6.92 Å². The van der Waals surface area contributed by atoms with Crippen molar-refractivity contribution in [3.05, 3.63) is 16.1 Å². The lowest BCUT2D eigenvalue weighted by atomic mass is 9.89. The van der Waals surface area contributed by atoms with Crippen LogP contribution >= 0.6 is 11.3 Å². The maximum Gasteiger partial charge on any atom is 0.270 e. The zero-order valence-corrected chi connectivity index (χ0v) is 9.83. The second-order valence-corrected chi connectivity index (χ2v) is 5.04. The number of carbonyl (C=O) groups excluding carboxylic acids is 1. The van der Waals surface area contributed by atoms with Gasteiger partial charge in [-0.3, -0.25) is 4.79 Å². The van der Waals surface area contributed by atoms with E-state index in [4.69, 9.17) is 10.8 Å². The van der Waals surface area contributed by atoms with Gasteiger partial charge in [-0.2, -0.15) is 0 Å². The number of nitrogens with two attached hydrogens (primary N) is 1.